The highest BCUT2D eigenvalue weighted by Gasteiger charge is 2.30. The van der Waals surface area contributed by atoms with Gasteiger partial charge in [-0.15, -0.1) is 0 Å². The normalized spacial score (nSPS) is 21.0. The zero-order valence-corrected chi connectivity index (χ0v) is 15.5. The van der Waals surface area contributed by atoms with Crippen LogP contribution in [0.4, 0.5) is 5.69 Å². The van der Waals surface area contributed by atoms with Gasteiger partial charge in [-0.3, -0.25) is 14.4 Å². The van der Waals surface area contributed by atoms with Gasteiger partial charge in [0, 0.05) is 31.6 Å². The summed E-state index contributed by atoms with van der Waals surface area (Å²) in [6, 6.07) is 7.47. The van der Waals surface area contributed by atoms with Gasteiger partial charge in [0.15, 0.2) is 0 Å². The maximum Gasteiger partial charge on any atom is 0.227 e. The number of rotatable bonds is 5. The minimum Gasteiger partial charge on any atom is -0.349 e. The molecule has 0 spiro atoms. The second-order valence-corrected chi connectivity index (χ2v) is 7.42. The molecule has 2 fully saturated rings. The lowest BCUT2D eigenvalue weighted by molar-refractivity contribution is -0.134. The number of nitrogens with zero attached hydrogens (tertiary/aromatic N) is 1. The molecule has 0 aromatic heterocycles. The van der Waals surface area contributed by atoms with E-state index in [0.29, 0.717) is 6.54 Å². The summed E-state index contributed by atoms with van der Waals surface area (Å²) < 4.78 is 0. The van der Waals surface area contributed by atoms with Crippen LogP contribution in [0.5, 0.6) is 0 Å². The Balaban J connectivity index is 1.53. The van der Waals surface area contributed by atoms with Gasteiger partial charge in [0.2, 0.25) is 17.7 Å². The van der Waals surface area contributed by atoms with Crippen molar-refractivity contribution in [3.8, 4) is 0 Å². The molecular formula is C20H27N3O3. The molecule has 2 N–H and O–H groups in total. The summed E-state index contributed by atoms with van der Waals surface area (Å²) in [6.07, 6.45) is 3.64. The molecule has 26 heavy (non-hydrogen) atoms. The number of piperidine rings is 1. The topological polar surface area (TPSA) is 78.5 Å². The van der Waals surface area contributed by atoms with Crippen molar-refractivity contribution in [1.82, 2.24) is 10.2 Å². The molecule has 1 aliphatic carbocycles. The van der Waals surface area contributed by atoms with Gasteiger partial charge in [-0.1, -0.05) is 12.1 Å². The van der Waals surface area contributed by atoms with Gasteiger partial charge < -0.3 is 15.5 Å². The summed E-state index contributed by atoms with van der Waals surface area (Å²) in [5.74, 6) is 0.144. The van der Waals surface area contributed by atoms with Crippen molar-refractivity contribution in [2.24, 2.45) is 11.8 Å². The summed E-state index contributed by atoms with van der Waals surface area (Å²) >= 11 is 0. The van der Waals surface area contributed by atoms with E-state index >= 15 is 0 Å². The molecule has 1 aliphatic heterocycles. The lowest BCUT2D eigenvalue weighted by Gasteiger charge is -2.32. The maximum absolute atomic E-state index is 12.5. The van der Waals surface area contributed by atoms with Gasteiger partial charge in [0.1, 0.15) is 0 Å². The van der Waals surface area contributed by atoms with E-state index in [1.54, 1.807) is 11.8 Å². The van der Waals surface area contributed by atoms with Crippen molar-refractivity contribution in [2.75, 3.05) is 18.4 Å². The van der Waals surface area contributed by atoms with Crippen molar-refractivity contribution >= 4 is 23.4 Å². The van der Waals surface area contributed by atoms with E-state index in [-0.39, 0.29) is 35.6 Å². The average Bonchev–Trinajstić information content (AvgIpc) is 3.47. The first-order chi connectivity index (χ1) is 12.4. The molecule has 140 valence electrons. The predicted molar refractivity (Wildman–Crippen MR) is 99.3 cm³/mol. The van der Waals surface area contributed by atoms with Gasteiger partial charge in [0.05, 0.1) is 12.0 Å². The largest absolute Gasteiger partial charge is 0.349 e. The number of hydrogen-bond acceptors (Lipinski definition) is 3. The number of anilines is 1. The number of nitrogens with one attached hydrogen (secondary N) is 2. The maximum atomic E-state index is 12.5. The molecule has 3 rings (SSSR count). The van der Waals surface area contributed by atoms with Gasteiger partial charge in [-0.2, -0.15) is 0 Å². The number of carbonyl (C=O) groups is 3. The van der Waals surface area contributed by atoms with Crippen LogP contribution in [-0.2, 0) is 14.4 Å². The number of hydrogen-bond donors (Lipinski definition) is 2. The Morgan fingerprint density at radius 3 is 2.35 bits per heavy atom. The molecule has 1 saturated heterocycles. The first-order valence-electron chi connectivity index (χ1n) is 9.40. The molecule has 1 heterocycles. The molecule has 2 unspecified atom stereocenters. The summed E-state index contributed by atoms with van der Waals surface area (Å²) in [6.45, 7) is 4.73. The van der Waals surface area contributed by atoms with E-state index in [4.69, 9.17) is 0 Å². The molecule has 1 saturated carbocycles. The van der Waals surface area contributed by atoms with Crippen molar-refractivity contribution < 1.29 is 14.4 Å². The molecule has 1 aromatic rings. The molecule has 0 radical (unpaired) electrons. The van der Waals surface area contributed by atoms with Crippen LogP contribution in [0, 0.1) is 11.8 Å². The summed E-state index contributed by atoms with van der Waals surface area (Å²) in [4.78, 5) is 37.6. The van der Waals surface area contributed by atoms with E-state index < -0.39 is 0 Å². The zero-order chi connectivity index (χ0) is 18.7. The van der Waals surface area contributed by atoms with Crippen molar-refractivity contribution in [3.63, 3.8) is 0 Å². The van der Waals surface area contributed by atoms with Crippen molar-refractivity contribution in [1.29, 1.82) is 0 Å². The van der Waals surface area contributed by atoms with E-state index in [9.17, 15) is 14.4 Å². The Morgan fingerprint density at radius 2 is 1.73 bits per heavy atom. The number of amides is 3. The lowest BCUT2D eigenvalue weighted by atomic mass is 9.96. The van der Waals surface area contributed by atoms with Crippen LogP contribution in [-0.4, -0.2) is 35.7 Å². The SMILES string of the molecule is CC(=O)N1CCCC(C(=O)NC(C)c2ccc(NC(=O)C3CC3)cc2)C1. The Morgan fingerprint density at radius 1 is 1.04 bits per heavy atom. The molecule has 2 aliphatic rings. The quantitative estimate of drug-likeness (QED) is 0.850. The lowest BCUT2D eigenvalue weighted by Crippen LogP contribution is -2.45. The molecule has 6 nitrogen and oxygen atoms in total. The molecule has 6 heteroatoms. The summed E-state index contributed by atoms with van der Waals surface area (Å²) in [7, 11) is 0. The zero-order valence-electron chi connectivity index (χ0n) is 15.5. The van der Waals surface area contributed by atoms with Crippen molar-refractivity contribution in [2.45, 2.75) is 45.6 Å². The van der Waals surface area contributed by atoms with Gasteiger partial charge >= 0.3 is 0 Å². The third-order valence-corrected chi connectivity index (χ3v) is 5.22. The second-order valence-electron chi connectivity index (χ2n) is 7.42. The van der Waals surface area contributed by atoms with Gasteiger partial charge in [0.25, 0.3) is 0 Å². The molecular weight excluding hydrogens is 330 g/mol. The summed E-state index contributed by atoms with van der Waals surface area (Å²) in [5.41, 5.74) is 1.77. The smallest absolute Gasteiger partial charge is 0.227 e. The Labute approximate surface area is 154 Å². The van der Waals surface area contributed by atoms with Crippen LogP contribution in [0.3, 0.4) is 0 Å². The monoisotopic (exact) mass is 357 g/mol. The Hall–Kier alpha value is -2.37. The van der Waals surface area contributed by atoms with Crippen LogP contribution in [0.15, 0.2) is 24.3 Å². The molecule has 0 bridgehead atoms. The first kappa shape index (κ1) is 18.4. The van der Waals surface area contributed by atoms with E-state index in [2.05, 4.69) is 10.6 Å². The fourth-order valence-electron chi connectivity index (χ4n) is 3.34. The minimum atomic E-state index is -0.146. The highest BCUT2D eigenvalue weighted by atomic mass is 16.2. The van der Waals surface area contributed by atoms with E-state index in [0.717, 1.165) is 43.5 Å². The first-order valence-corrected chi connectivity index (χ1v) is 9.40. The third-order valence-electron chi connectivity index (χ3n) is 5.22. The summed E-state index contributed by atoms with van der Waals surface area (Å²) in [5, 5.41) is 5.96. The second kappa shape index (κ2) is 7.89. The fraction of sp³-hybridized carbons (Fsp3) is 0.550. The van der Waals surface area contributed by atoms with Crippen LogP contribution < -0.4 is 10.6 Å². The van der Waals surface area contributed by atoms with E-state index in [1.165, 1.54) is 0 Å². The minimum absolute atomic E-state index is 0.00503. The average molecular weight is 357 g/mol. The Kier molecular flexibility index (Phi) is 5.59. The molecule has 2 atom stereocenters. The highest BCUT2D eigenvalue weighted by Crippen LogP contribution is 2.30. The number of carbonyl (C=O) groups excluding carboxylic acids is 3. The molecule has 3 amide bonds. The van der Waals surface area contributed by atoms with Crippen LogP contribution >= 0.6 is 0 Å². The number of benzene rings is 1. The Bertz CT molecular complexity index is 682. The van der Waals surface area contributed by atoms with Crippen LogP contribution in [0.25, 0.3) is 0 Å². The molecule has 1 aromatic carbocycles. The van der Waals surface area contributed by atoms with Crippen LogP contribution in [0.2, 0.25) is 0 Å². The standard InChI is InChI=1S/C20H27N3O3/c1-13(21-20(26)17-4-3-11-23(12-17)14(2)24)15-7-9-18(10-8-15)22-19(25)16-5-6-16/h7-10,13,16-17H,3-6,11-12H2,1-2H3,(H,21,26)(H,22,25). The van der Waals surface area contributed by atoms with Gasteiger partial charge in [-0.25, -0.2) is 0 Å². The van der Waals surface area contributed by atoms with Gasteiger partial charge in [-0.05, 0) is 50.3 Å². The third kappa shape index (κ3) is 4.62. The number of likely N-dealkylation sites (tertiary alicyclic amines) is 1. The highest BCUT2D eigenvalue weighted by molar-refractivity contribution is 5.94. The van der Waals surface area contributed by atoms with Crippen LogP contribution in [0.1, 0.15) is 51.1 Å². The van der Waals surface area contributed by atoms with E-state index in [1.807, 2.05) is 31.2 Å². The predicted octanol–water partition coefficient (Wildman–Crippen LogP) is 2.47. The van der Waals surface area contributed by atoms with Crippen molar-refractivity contribution in [3.05, 3.63) is 29.8 Å². The fourth-order valence-corrected chi connectivity index (χ4v) is 3.34.